The first-order valence-corrected chi connectivity index (χ1v) is 11.5. The molecule has 11 heteroatoms. The van der Waals surface area contributed by atoms with Crippen molar-refractivity contribution in [1.29, 1.82) is 0 Å². The van der Waals surface area contributed by atoms with Crippen molar-refractivity contribution in [2.24, 2.45) is 0 Å². The van der Waals surface area contributed by atoms with Crippen LogP contribution < -0.4 is 10.3 Å². The number of sulfone groups is 1. The molecule has 0 aliphatic carbocycles. The van der Waals surface area contributed by atoms with Crippen LogP contribution in [0.3, 0.4) is 0 Å². The lowest BCUT2D eigenvalue weighted by atomic mass is 10.1. The lowest BCUT2D eigenvalue weighted by Crippen LogP contribution is -2.23. The minimum Gasteiger partial charge on any atom is -0.494 e. The first-order valence-electron chi connectivity index (χ1n) is 9.81. The molecule has 0 bridgehead atoms. The number of aryl methyl sites for hydroxylation is 1. The number of halogens is 2. The summed E-state index contributed by atoms with van der Waals surface area (Å²) in [4.78, 5) is 31.5. The van der Waals surface area contributed by atoms with Crippen LogP contribution in [0.15, 0.2) is 46.5 Å². The van der Waals surface area contributed by atoms with Gasteiger partial charge in [-0.3, -0.25) is 9.59 Å². The molecule has 0 saturated heterocycles. The molecule has 1 aromatic carbocycles. The van der Waals surface area contributed by atoms with Gasteiger partial charge < -0.3 is 9.30 Å². The van der Waals surface area contributed by atoms with Gasteiger partial charge in [0.25, 0.3) is 5.56 Å². The van der Waals surface area contributed by atoms with Gasteiger partial charge in [0.05, 0.1) is 25.1 Å². The molecule has 0 atom stereocenters. The Kier molecular flexibility index (Phi) is 7.01. The first kappa shape index (κ1) is 24.2. The molecule has 33 heavy (non-hydrogen) atoms. The highest BCUT2D eigenvalue weighted by molar-refractivity contribution is 7.91. The molecule has 3 aromatic rings. The zero-order valence-corrected chi connectivity index (χ0v) is 18.9. The SMILES string of the molecule is COc1ccc(Cn2cc(-c3cc(C)nc(S(=O)(=O)CCC(C)=O)n3)cc(F)c2=O)cc1F. The zero-order valence-electron chi connectivity index (χ0n) is 18.1. The van der Waals surface area contributed by atoms with Crippen molar-refractivity contribution in [3.63, 3.8) is 0 Å². The Balaban J connectivity index is 2.03. The highest BCUT2D eigenvalue weighted by Crippen LogP contribution is 2.22. The molecule has 0 fully saturated rings. The number of ketones is 1. The summed E-state index contributed by atoms with van der Waals surface area (Å²) in [5, 5.41) is -0.492. The Labute approximate surface area is 188 Å². The standard InChI is InChI=1S/C22H21F2N3O5S/c1-13-8-19(26-22(25-13)33(30,31)7-6-14(2)28)16-10-18(24)21(29)27(12-16)11-15-4-5-20(32-3)17(23)9-15/h4-5,8-10,12H,6-7,11H2,1-3H3. The number of benzene rings is 1. The van der Waals surface area contributed by atoms with Crippen molar-refractivity contribution in [2.75, 3.05) is 12.9 Å². The van der Waals surface area contributed by atoms with E-state index in [0.717, 1.165) is 10.6 Å². The summed E-state index contributed by atoms with van der Waals surface area (Å²) < 4.78 is 59.4. The molecule has 0 amide bonds. The van der Waals surface area contributed by atoms with Crippen LogP contribution in [0.5, 0.6) is 5.75 Å². The van der Waals surface area contributed by atoms with Crippen molar-refractivity contribution in [3.05, 3.63) is 69.8 Å². The summed E-state index contributed by atoms with van der Waals surface area (Å²) in [5.41, 5.74) is -0.0304. The number of nitrogens with zero attached hydrogens (tertiary/aromatic N) is 3. The number of rotatable bonds is 8. The average Bonchev–Trinajstić information content (AvgIpc) is 2.75. The third-order valence-electron chi connectivity index (χ3n) is 4.74. The number of pyridine rings is 1. The molecule has 0 aliphatic heterocycles. The minimum absolute atomic E-state index is 0.0287. The smallest absolute Gasteiger partial charge is 0.286 e. The van der Waals surface area contributed by atoms with Crippen LogP contribution in [0.25, 0.3) is 11.3 Å². The molecule has 0 spiro atoms. The van der Waals surface area contributed by atoms with E-state index in [4.69, 9.17) is 4.74 Å². The maximum absolute atomic E-state index is 14.4. The molecule has 8 nitrogen and oxygen atoms in total. The number of Topliss-reactive ketones (excluding diaryl/α,β-unsaturated/α-hetero) is 1. The highest BCUT2D eigenvalue weighted by Gasteiger charge is 2.21. The van der Waals surface area contributed by atoms with Gasteiger partial charge in [-0.2, -0.15) is 0 Å². The van der Waals surface area contributed by atoms with Gasteiger partial charge in [-0.15, -0.1) is 0 Å². The van der Waals surface area contributed by atoms with Crippen molar-refractivity contribution >= 4 is 15.6 Å². The number of methoxy groups -OCH3 is 1. The number of carbonyl (C=O) groups excluding carboxylic acids is 1. The fourth-order valence-corrected chi connectivity index (χ4v) is 4.32. The largest absolute Gasteiger partial charge is 0.494 e. The Morgan fingerprint density at radius 2 is 1.85 bits per heavy atom. The summed E-state index contributed by atoms with van der Waals surface area (Å²) in [6.07, 6.45) is 1.12. The normalized spacial score (nSPS) is 11.4. The van der Waals surface area contributed by atoms with Gasteiger partial charge in [0.2, 0.25) is 15.0 Å². The van der Waals surface area contributed by atoms with Crippen LogP contribution in [-0.2, 0) is 21.2 Å². The van der Waals surface area contributed by atoms with Crippen molar-refractivity contribution in [1.82, 2.24) is 14.5 Å². The summed E-state index contributed by atoms with van der Waals surface area (Å²) >= 11 is 0. The Hall–Kier alpha value is -3.47. The van der Waals surface area contributed by atoms with Gasteiger partial charge in [-0.05, 0) is 43.7 Å². The maximum Gasteiger partial charge on any atom is 0.286 e. The van der Waals surface area contributed by atoms with E-state index in [2.05, 4.69) is 9.97 Å². The second-order valence-electron chi connectivity index (χ2n) is 7.43. The molecular weight excluding hydrogens is 456 g/mol. The summed E-state index contributed by atoms with van der Waals surface area (Å²) in [6, 6.07) is 6.49. The van der Waals surface area contributed by atoms with Gasteiger partial charge in [0.1, 0.15) is 5.78 Å². The molecule has 0 aliphatic rings. The predicted octanol–water partition coefficient (Wildman–Crippen LogP) is 2.70. The molecule has 0 saturated carbocycles. The van der Waals surface area contributed by atoms with Gasteiger partial charge in [-0.1, -0.05) is 6.07 Å². The van der Waals surface area contributed by atoms with Gasteiger partial charge in [-0.25, -0.2) is 27.2 Å². The van der Waals surface area contributed by atoms with Gasteiger partial charge >= 0.3 is 0 Å². The topological polar surface area (TPSA) is 108 Å². The highest BCUT2D eigenvalue weighted by atomic mass is 32.2. The van der Waals surface area contributed by atoms with E-state index in [1.807, 2.05) is 0 Å². The Morgan fingerprint density at radius 3 is 2.48 bits per heavy atom. The number of carbonyl (C=O) groups is 1. The van der Waals surface area contributed by atoms with Crippen molar-refractivity contribution in [3.8, 4) is 17.0 Å². The second kappa shape index (κ2) is 9.57. The molecule has 0 unspecified atom stereocenters. The van der Waals surface area contributed by atoms with E-state index >= 15 is 0 Å². The quantitative estimate of drug-likeness (QED) is 0.459. The molecule has 2 aromatic heterocycles. The average molecular weight is 477 g/mol. The van der Waals surface area contributed by atoms with Crippen LogP contribution >= 0.6 is 0 Å². The van der Waals surface area contributed by atoms with Gasteiger partial charge in [0, 0.05) is 23.9 Å². The monoisotopic (exact) mass is 477 g/mol. The van der Waals surface area contributed by atoms with Crippen LogP contribution in [-0.4, -0.2) is 41.6 Å². The number of ether oxygens (including phenoxy) is 1. The van der Waals surface area contributed by atoms with E-state index < -0.39 is 37.9 Å². The molecule has 0 radical (unpaired) electrons. The molecule has 2 heterocycles. The predicted molar refractivity (Wildman–Crippen MR) is 116 cm³/mol. The lowest BCUT2D eigenvalue weighted by molar-refractivity contribution is -0.116. The van der Waals surface area contributed by atoms with Crippen molar-refractivity contribution in [2.45, 2.75) is 32.0 Å². The van der Waals surface area contributed by atoms with Crippen LogP contribution in [0, 0.1) is 18.6 Å². The van der Waals surface area contributed by atoms with E-state index in [1.54, 1.807) is 6.92 Å². The Bertz CT molecular complexity index is 1390. The minimum atomic E-state index is -3.96. The molecule has 174 valence electrons. The number of aromatic nitrogens is 3. The third kappa shape index (κ3) is 5.67. The number of hydrogen-bond acceptors (Lipinski definition) is 7. The van der Waals surface area contributed by atoms with Gasteiger partial charge in [0.15, 0.2) is 17.4 Å². The van der Waals surface area contributed by atoms with E-state index in [1.165, 1.54) is 44.5 Å². The summed E-state index contributed by atoms with van der Waals surface area (Å²) in [5.74, 6) is -2.44. The third-order valence-corrected chi connectivity index (χ3v) is 6.22. The second-order valence-corrected chi connectivity index (χ2v) is 9.43. The fraction of sp³-hybridized carbons (Fsp3) is 0.273. The zero-order chi connectivity index (χ0) is 24.3. The first-order chi connectivity index (χ1) is 15.5. The van der Waals surface area contributed by atoms with E-state index in [0.29, 0.717) is 11.3 Å². The van der Waals surface area contributed by atoms with Crippen LogP contribution in [0.2, 0.25) is 0 Å². The lowest BCUT2D eigenvalue weighted by Gasteiger charge is -2.11. The van der Waals surface area contributed by atoms with Crippen LogP contribution in [0.4, 0.5) is 8.78 Å². The maximum atomic E-state index is 14.4. The fourth-order valence-electron chi connectivity index (χ4n) is 3.06. The summed E-state index contributed by atoms with van der Waals surface area (Å²) in [7, 11) is -2.64. The van der Waals surface area contributed by atoms with Crippen LogP contribution in [0.1, 0.15) is 24.6 Å². The molecule has 3 rings (SSSR count). The molecule has 0 N–H and O–H groups in total. The summed E-state index contributed by atoms with van der Waals surface area (Å²) in [6.45, 7) is 2.68. The Morgan fingerprint density at radius 1 is 1.12 bits per heavy atom. The number of hydrogen-bond donors (Lipinski definition) is 0. The molecular formula is C22H21F2N3O5S. The van der Waals surface area contributed by atoms with E-state index in [9.17, 15) is 26.8 Å². The van der Waals surface area contributed by atoms with Crippen molar-refractivity contribution < 1.29 is 26.7 Å². The van der Waals surface area contributed by atoms with E-state index in [-0.39, 0.29) is 35.8 Å².